The van der Waals surface area contributed by atoms with Gasteiger partial charge in [-0.3, -0.25) is 0 Å². The highest BCUT2D eigenvalue weighted by Crippen LogP contribution is 2.12. The second kappa shape index (κ2) is 4.39. The molecule has 0 radical (unpaired) electrons. The molecule has 0 N–H and O–H groups in total. The van der Waals surface area contributed by atoms with Crippen LogP contribution in [0.5, 0.6) is 0 Å². The summed E-state index contributed by atoms with van der Waals surface area (Å²) >= 11 is 9.03. The van der Waals surface area contributed by atoms with Gasteiger partial charge in [0.05, 0.1) is 5.38 Å². The summed E-state index contributed by atoms with van der Waals surface area (Å²) in [5, 5.41) is 0.918. The lowest BCUT2D eigenvalue weighted by atomic mass is 10.2. The van der Waals surface area contributed by atoms with Gasteiger partial charge in [0.1, 0.15) is 0 Å². The number of rotatable bonds is 3. The highest BCUT2D eigenvalue weighted by molar-refractivity contribution is 9.09. The maximum absolute atomic E-state index is 5.77. The standard InChI is InChI=1S/C6H10BrCl/c1-3-5(2)6(8)4-7/h6H,2-4H2,1H3. The molecule has 0 saturated carbocycles. The molecule has 0 aliphatic heterocycles. The molecule has 0 rings (SSSR count). The van der Waals surface area contributed by atoms with Crippen LogP contribution in [-0.4, -0.2) is 10.7 Å². The van der Waals surface area contributed by atoms with Crippen molar-refractivity contribution in [2.45, 2.75) is 18.7 Å². The molecule has 0 amide bonds. The number of hydrogen-bond donors (Lipinski definition) is 0. The van der Waals surface area contributed by atoms with E-state index in [1.807, 2.05) is 0 Å². The number of hydrogen-bond acceptors (Lipinski definition) is 0. The molecule has 0 saturated heterocycles. The fraction of sp³-hybridized carbons (Fsp3) is 0.667. The van der Waals surface area contributed by atoms with Gasteiger partial charge < -0.3 is 0 Å². The quantitative estimate of drug-likeness (QED) is 0.482. The van der Waals surface area contributed by atoms with Gasteiger partial charge in [-0.15, -0.1) is 11.6 Å². The Morgan fingerprint density at radius 2 is 2.38 bits per heavy atom. The van der Waals surface area contributed by atoms with Gasteiger partial charge in [-0.25, -0.2) is 0 Å². The SMILES string of the molecule is C=C(CC)C(Cl)CBr. The number of allylic oxidation sites excluding steroid dienone is 1. The minimum Gasteiger partial charge on any atom is -0.117 e. The molecule has 0 aliphatic rings. The highest BCUT2D eigenvalue weighted by atomic mass is 79.9. The molecule has 0 aromatic heterocycles. The van der Waals surface area contributed by atoms with Gasteiger partial charge in [-0.1, -0.05) is 35.0 Å². The Morgan fingerprint density at radius 1 is 1.88 bits per heavy atom. The first kappa shape index (κ1) is 8.51. The van der Waals surface area contributed by atoms with Crippen LogP contribution in [0.25, 0.3) is 0 Å². The molecule has 0 aliphatic carbocycles. The average Bonchev–Trinajstić information content (AvgIpc) is 1.84. The van der Waals surface area contributed by atoms with Crippen LogP contribution < -0.4 is 0 Å². The lowest BCUT2D eigenvalue weighted by Crippen LogP contribution is -2.01. The van der Waals surface area contributed by atoms with E-state index in [2.05, 4.69) is 29.4 Å². The minimum absolute atomic E-state index is 0.111. The van der Waals surface area contributed by atoms with E-state index in [0.29, 0.717) is 0 Å². The van der Waals surface area contributed by atoms with Gasteiger partial charge in [0, 0.05) is 5.33 Å². The molecule has 2 heteroatoms. The van der Waals surface area contributed by atoms with Crippen LogP contribution in [0.3, 0.4) is 0 Å². The van der Waals surface area contributed by atoms with Crippen LogP contribution in [0.2, 0.25) is 0 Å². The normalized spacial score (nSPS) is 13.4. The second-order valence-electron chi connectivity index (χ2n) is 1.63. The van der Waals surface area contributed by atoms with Gasteiger partial charge in [-0.05, 0) is 6.42 Å². The van der Waals surface area contributed by atoms with E-state index in [9.17, 15) is 0 Å². The van der Waals surface area contributed by atoms with E-state index in [0.717, 1.165) is 17.3 Å². The predicted octanol–water partition coefficient (Wildman–Crippen LogP) is 2.95. The first-order chi connectivity index (χ1) is 3.72. The van der Waals surface area contributed by atoms with E-state index < -0.39 is 0 Å². The third-order valence-electron chi connectivity index (χ3n) is 1.03. The van der Waals surface area contributed by atoms with Crippen molar-refractivity contribution in [3.63, 3.8) is 0 Å². The van der Waals surface area contributed by atoms with Gasteiger partial charge in [0.2, 0.25) is 0 Å². The Morgan fingerprint density at radius 3 is 2.50 bits per heavy atom. The third kappa shape index (κ3) is 2.73. The van der Waals surface area contributed by atoms with E-state index in [4.69, 9.17) is 11.6 Å². The van der Waals surface area contributed by atoms with E-state index in [1.54, 1.807) is 0 Å². The second-order valence-corrected chi connectivity index (χ2v) is 2.81. The van der Waals surface area contributed by atoms with E-state index >= 15 is 0 Å². The molecule has 0 fully saturated rings. The van der Waals surface area contributed by atoms with Crippen molar-refractivity contribution < 1.29 is 0 Å². The predicted molar refractivity (Wildman–Crippen MR) is 42.9 cm³/mol. The van der Waals surface area contributed by atoms with Crippen LogP contribution in [0, 0.1) is 0 Å². The summed E-state index contributed by atoms with van der Waals surface area (Å²) in [6.07, 6.45) is 0.972. The monoisotopic (exact) mass is 196 g/mol. The topological polar surface area (TPSA) is 0 Å². The van der Waals surface area contributed by atoms with Crippen molar-refractivity contribution in [1.29, 1.82) is 0 Å². The Bertz CT molecular complexity index is 80.6. The van der Waals surface area contributed by atoms with E-state index in [1.165, 1.54) is 0 Å². The van der Waals surface area contributed by atoms with Crippen molar-refractivity contribution in [3.05, 3.63) is 12.2 Å². The molecule has 8 heavy (non-hydrogen) atoms. The first-order valence-electron chi connectivity index (χ1n) is 2.60. The molecule has 0 aromatic rings. The van der Waals surface area contributed by atoms with E-state index in [-0.39, 0.29) is 5.38 Å². The smallest absolute Gasteiger partial charge is 0.0639 e. The highest BCUT2D eigenvalue weighted by Gasteiger charge is 2.02. The lowest BCUT2D eigenvalue weighted by molar-refractivity contribution is 1.01. The van der Waals surface area contributed by atoms with Gasteiger partial charge in [-0.2, -0.15) is 0 Å². The van der Waals surface area contributed by atoms with Crippen molar-refractivity contribution in [2.24, 2.45) is 0 Å². The summed E-state index contributed by atoms with van der Waals surface area (Å²) in [5.41, 5.74) is 1.10. The zero-order valence-corrected chi connectivity index (χ0v) is 7.30. The van der Waals surface area contributed by atoms with Gasteiger partial charge in [0.25, 0.3) is 0 Å². The number of alkyl halides is 2. The van der Waals surface area contributed by atoms with Crippen molar-refractivity contribution in [1.82, 2.24) is 0 Å². The Kier molecular flexibility index (Phi) is 4.68. The summed E-state index contributed by atoms with van der Waals surface area (Å²) in [6, 6.07) is 0. The molecular formula is C6H10BrCl. The van der Waals surface area contributed by atoms with Crippen LogP contribution in [0.1, 0.15) is 13.3 Å². The molecule has 1 unspecified atom stereocenters. The fourth-order valence-electron chi connectivity index (χ4n) is 0.331. The number of halogens is 2. The largest absolute Gasteiger partial charge is 0.117 e. The Hall–Kier alpha value is 0.510. The van der Waals surface area contributed by atoms with Crippen LogP contribution in [0.4, 0.5) is 0 Å². The van der Waals surface area contributed by atoms with Gasteiger partial charge in [0.15, 0.2) is 0 Å². The fourth-order valence-corrected chi connectivity index (χ4v) is 0.943. The molecule has 0 bridgehead atoms. The maximum atomic E-state index is 5.77. The summed E-state index contributed by atoms with van der Waals surface area (Å²) in [6.45, 7) is 5.84. The molecule has 0 aromatic carbocycles. The average molecular weight is 198 g/mol. The third-order valence-corrected chi connectivity index (χ3v) is 2.52. The summed E-state index contributed by atoms with van der Waals surface area (Å²) < 4.78 is 0. The van der Waals surface area contributed by atoms with Crippen LogP contribution in [0.15, 0.2) is 12.2 Å². The maximum Gasteiger partial charge on any atom is 0.0639 e. The van der Waals surface area contributed by atoms with Crippen molar-refractivity contribution in [2.75, 3.05) is 5.33 Å². The molecule has 1 atom stereocenters. The zero-order chi connectivity index (χ0) is 6.57. The summed E-state index contributed by atoms with van der Waals surface area (Å²) in [4.78, 5) is 0. The molecule has 0 spiro atoms. The Labute approximate surface area is 64.0 Å². The summed E-state index contributed by atoms with van der Waals surface area (Å²) in [7, 11) is 0. The van der Waals surface area contributed by atoms with Crippen LogP contribution in [-0.2, 0) is 0 Å². The molecule has 48 valence electrons. The molecule has 0 nitrogen and oxygen atoms in total. The van der Waals surface area contributed by atoms with Crippen molar-refractivity contribution in [3.8, 4) is 0 Å². The Balaban J connectivity index is 3.46. The molecular weight excluding hydrogens is 187 g/mol. The van der Waals surface area contributed by atoms with Crippen molar-refractivity contribution >= 4 is 27.5 Å². The first-order valence-corrected chi connectivity index (χ1v) is 4.15. The lowest BCUT2D eigenvalue weighted by Gasteiger charge is -2.04. The van der Waals surface area contributed by atoms with Gasteiger partial charge >= 0.3 is 0 Å². The zero-order valence-electron chi connectivity index (χ0n) is 4.95. The summed E-state index contributed by atoms with van der Waals surface area (Å²) in [5.74, 6) is 0. The minimum atomic E-state index is 0.111. The van der Waals surface area contributed by atoms with Crippen LogP contribution >= 0.6 is 27.5 Å². The molecule has 0 heterocycles.